The van der Waals surface area contributed by atoms with Crippen molar-refractivity contribution in [2.45, 2.75) is 72.6 Å². The lowest BCUT2D eigenvalue weighted by Crippen LogP contribution is -2.39. The maximum atomic E-state index is 12.3. The van der Waals surface area contributed by atoms with E-state index in [0.717, 1.165) is 19.3 Å². The number of carbonyl (C=O) groups excluding carboxylic acids is 2. The van der Waals surface area contributed by atoms with E-state index < -0.39 is 0 Å². The first-order valence-corrected chi connectivity index (χ1v) is 7.95. The minimum Gasteiger partial charge on any atom is -0.457 e. The first-order valence-electron chi connectivity index (χ1n) is 7.95. The molecule has 0 aliphatic heterocycles. The molecule has 0 aromatic carbocycles. The second-order valence-corrected chi connectivity index (χ2v) is 6.61. The molecule has 3 saturated carbocycles. The van der Waals surface area contributed by atoms with Gasteiger partial charge in [0, 0.05) is 14.3 Å². The summed E-state index contributed by atoms with van der Waals surface area (Å²) in [7, 11) is 0. The Balaban J connectivity index is 0.00000147. The summed E-state index contributed by atoms with van der Waals surface area (Å²) in [4.78, 5) is 24.1. The first-order chi connectivity index (χ1) is 9.25. The van der Waals surface area contributed by atoms with Crippen molar-refractivity contribution in [2.75, 3.05) is 6.61 Å². The molecular formula is C18H32BO3. The van der Waals surface area contributed by atoms with Crippen molar-refractivity contribution in [2.24, 2.45) is 23.7 Å². The van der Waals surface area contributed by atoms with Crippen molar-refractivity contribution < 1.29 is 14.3 Å². The molecule has 3 aliphatic rings. The van der Waals surface area contributed by atoms with E-state index in [1.54, 1.807) is 0 Å². The molecular weight excluding hydrogens is 275 g/mol. The molecule has 0 spiro atoms. The summed E-state index contributed by atoms with van der Waals surface area (Å²) >= 11 is 0. The van der Waals surface area contributed by atoms with E-state index in [1.807, 2.05) is 0 Å². The second kappa shape index (κ2) is 9.37. The van der Waals surface area contributed by atoms with E-state index in [0.29, 0.717) is 11.8 Å². The molecule has 0 bridgehead atoms. The van der Waals surface area contributed by atoms with Crippen LogP contribution in [0.5, 0.6) is 0 Å². The third kappa shape index (κ3) is 4.36. The SMILES string of the molecule is C.C.O=C(COC(=O)C(C1CCC1)C1CCC1)C1CCC1.[B]. The lowest BCUT2D eigenvalue weighted by Gasteiger charge is -2.40. The number of rotatable bonds is 6. The molecule has 3 nitrogen and oxygen atoms in total. The molecule has 125 valence electrons. The summed E-state index contributed by atoms with van der Waals surface area (Å²) in [6.07, 6.45) is 10.3. The van der Waals surface area contributed by atoms with Gasteiger partial charge in [-0.3, -0.25) is 9.59 Å². The van der Waals surface area contributed by atoms with Gasteiger partial charge in [0.05, 0.1) is 5.92 Å². The number of hydrogen-bond acceptors (Lipinski definition) is 3. The zero-order valence-corrected chi connectivity index (χ0v) is 12.2. The molecule has 0 aromatic heterocycles. The van der Waals surface area contributed by atoms with Gasteiger partial charge in [-0.2, -0.15) is 0 Å². The average Bonchev–Trinajstić information content (AvgIpc) is 2.17. The number of hydrogen-bond donors (Lipinski definition) is 0. The van der Waals surface area contributed by atoms with Gasteiger partial charge in [0.25, 0.3) is 0 Å². The topological polar surface area (TPSA) is 43.4 Å². The Kier molecular flexibility index (Phi) is 9.03. The van der Waals surface area contributed by atoms with Crippen LogP contribution < -0.4 is 0 Å². The van der Waals surface area contributed by atoms with Crippen LogP contribution in [0.2, 0.25) is 0 Å². The Labute approximate surface area is 138 Å². The van der Waals surface area contributed by atoms with Gasteiger partial charge in [0.15, 0.2) is 5.78 Å². The minimum atomic E-state index is -0.0814. The highest BCUT2D eigenvalue weighted by Crippen LogP contribution is 2.45. The Morgan fingerprint density at radius 1 is 0.864 bits per heavy atom. The predicted octanol–water partition coefficient (Wildman–Crippen LogP) is 4.01. The molecule has 3 rings (SSSR count). The summed E-state index contributed by atoms with van der Waals surface area (Å²) in [5, 5.41) is 0. The van der Waals surface area contributed by atoms with Crippen molar-refractivity contribution >= 4 is 20.2 Å². The lowest BCUT2D eigenvalue weighted by atomic mass is 9.64. The van der Waals surface area contributed by atoms with Gasteiger partial charge in [0.1, 0.15) is 6.61 Å². The molecule has 3 aliphatic carbocycles. The van der Waals surface area contributed by atoms with E-state index in [2.05, 4.69) is 0 Å². The highest BCUT2D eigenvalue weighted by molar-refractivity contribution is 5.85. The van der Waals surface area contributed by atoms with Gasteiger partial charge in [-0.25, -0.2) is 0 Å². The third-order valence-corrected chi connectivity index (χ3v) is 5.50. The summed E-state index contributed by atoms with van der Waals surface area (Å²) in [6, 6.07) is 0. The number of Topliss-reactive ketones (excluding diaryl/α,β-unsaturated/α-hetero) is 1. The van der Waals surface area contributed by atoms with Gasteiger partial charge in [-0.1, -0.05) is 34.1 Å². The number of ketones is 1. The van der Waals surface area contributed by atoms with Crippen molar-refractivity contribution in [3.63, 3.8) is 0 Å². The fourth-order valence-corrected chi connectivity index (χ4v) is 3.45. The highest BCUT2D eigenvalue weighted by atomic mass is 16.5. The van der Waals surface area contributed by atoms with E-state index in [1.165, 1.54) is 38.5 Å². The average molecular weight is 307 g/mol. The van der Waals surface area contributed by atoms with Gasteiger partial charge >= 0.3 is 5.97 Å². The Morgan fingerprint density at radius 3 is 1.64 bits per heavy atom. The van der Waals surface area contributed by atoms with Crippen LogP contribution in [0.3, 0.4) is 0 Å². The molecule has 0 unspecified atom stereocenters. The summed E-state index contributed by atoms with van der Waals surface area (Å²) in [5.74, 6) is 1.41. The molecule has 0 atom stereocenters. The normalized spacial score (nSPS) is 21.1. The van der Waals surface area contributed by atoms with E-state index >= 15 is 0 Å². The molecule has 0 heterocycles. The monoisotopic (exact) mass is 307 g/mol. The van der Waals surface area contributed by atoms with Crippen LogP contribution in [0.1, 0.15) is 72.6 Å². The maximum absolute atomic E-state index is 12.3. The van der Waals surface area contributed by atoms with Gasteiger partial charge < -0.3 is 4.74 Å². The van der Waals surface area contributed by atoms with Gasteiger partial charge in [0.2, 0.25) is 0 Å². The molecule has 0 saturated heterocycles. The molecule has 4 heteroatoms. The number of carbonyl (C=O) groups is 2. The molecule has 0 aromatic rings. The predicted molar refractivity (Wildman–Crippen MR) is 90.7 cm³/mol. The molecule has 3 fully saturated rings. The molecule has 0 N–H and O–H groups in total. The van der Waals surface area contributed by atoms with Crippen LogP contribution in [-0.2, 0) is 14.3 Å². The standard InChI is InChI=1S/C16H24O3.2CH4.B/c17-14(11-4-1-5-11)10-19-16(18)15(12-6-2-7-12)13-8-3-9-13;;;/h11-13,15H,1-10H2;2*1H4;. The van der Waals surface area contributed by atoms with E-state index in [-0.39, 0.29) is 53.5 Å². The second-order valence-electron chi connectivity index (χ2n) is 6.61. The first kappa shape index (κ1) is 21.2. The van der Waals surface area contributed by atoms with Crippen LogP contribution in [0.4, 0.5) is 0 Å². The van der Waals surface area contributed by atoms with Crippen molar-refractivity contribution in [1.29, 1.82) is 0 Å². The number of ether oxygens (including phenoxy) is 1. The zero-order valence-electron chi connectivity index (χ0n) is 12.2. The minimum absolute atomic E-state index is 0. The fraction of sp³-hybridized carbons (Fsp3) is 0.889. The Bertz CT molecular complexity index is 343. The van der Waals surface area contributed by atoms with Gasteiger partial charge in [-0.05, 0) is 50.4 Å². The Morgan fingerprint density at radius 2 is 1.32 bits per heavy atom. The summed E-state index contributed by atoms with van der Waals surface area (Å²) in [5.41, 5.74) is 0. The van der Waals surface area contributed by atoms with E-state index in [4.69, 9.17) is 4.74 Å². The maximum Gasteiger partial charge on any atom is 0.309 e. The largest absolute Gasteiger partial charge is 0.457 e. The number of esters is 1. The molecule has 0 amide bonds. The highest BCUT2D eigenvalue weighted by Gasteiger charge is 2.41. The summed E-state index contributed by atoms with van der Waals surface area (Å²) < 4.78 is 5.35. The van der Waals surface area contributed by atoms with Crippen LogP contribution in [0.25, 0.3) is 0 Å². The zero-order chi connectivity index (χ0) is 13.2. The van der Waals surface area contributed by atoms with Crippen LogP contribution >= 0.6 is 0 Å². The quantitative estimate of drug-likeness (QED) is 0.550. The molecule has 3 radical (unpaired) electrons. The third-order valence-electron chi connectivity index (χ3n) is 5.50. The van der Waals surface area contributed by atoms with Crippen molar-refractivity contribution in [1.82, 2.24) is 0 Å². The fourth-order valence-electron chi connectivity index (χ4n) is 3.45. The van der Waals surface area contributed by atoms with Crippen LogP contribution in [0, 0.1) is 23.7 Å². The van der Waals surface area contributed by atoms with Crippen molar-refractivity contribution in [3.8, 4) is 0 Å². The lowest BCUT2D eigenvalue weighted by molar-refractivity contribution is -0.160. The Hall–Kier alpha value is -0.795. The molecule has 22 heavy (non-hydrogen) atoms. The van der Waals surface area contributed by atoms with Crippen molar-refractivity contribution in [3.05, 3.63) is 0 Å². The van der Waals surface area contributed by atoms with E-state index in [9.17, 15) is 9.59 Å². The smallest absolute Gasteiger partial charge is 0.309 e. The van der Waals surface area contributed by atoms with Crippen LogP contribution in [0.15, 0.2) is 0 Å². The summed E-state index contributed by atoms with van der Waals surface area (Å²) in [6.45, 7) is 0.0272. The van der Waals surface area contributed by atoms with Crippen LogP contribution in [-0.4, -0.2) is 26.8 Å². The van der Waals surface area contributed by atoms with Gasteiger partial charge in [-0.15, -0.1) is 0 Å².